The number of benzene rings is 1. The van der Waals surface area contributed by atoms with Crippen LogP contribution in [-0.2, 0) is 0 Å². The zero-order valence-corrected chi connectivity index (χ0v) is 8.53. The normalized spacial score (nSPS) is 12.1. The van der Waals surface area contributed by atoms with Crippen LogP contribution >= 0.6 is 0 Å². The number of aromatic hydroxyl groups is 1. The molecule has 1 aromatic carbocycles. The quantitative estimate of drug-likeness (QED) is 0.428. The predicted octanol–water partition coefficient (Wildman–Crippen LogP) is -0.00930. The number of nitro benzene ring substituents is 1. The van der Waals surface area contributed by atoms with Crippen LogP contribution in [0.1, 0.15) is 22.0 Å². The molecule has 0 fully saturated rings. The summed E-state index contributed by atoms with van der Waals surface area (Å²) in [6.07, 6.45) is 0. The summed E-state index contributed by atoms with van der Waals surface area (Å²) in [6, 6.07) is 0.604. The minimum Gasteiger partial charge on any atom is -0.506 e. The first-order chi connectivity index (χ1) is 7.90. The smallest absolute Gasteiger partial charge is 0.339 e. The first-order valence-corrected chi connectivity index (χ1v) is 4.50. The lowest BCUT2D eigenvalue weighted by molar-refractivity contribution is -0.385. The molecule has 0 aliphatic carbocycles. The van der Waals surface area contributed by atoms with Gasteiger partial charge in [-0.15, -0.1) is 0 Å². The molecular formula is C9H10N2O6. The van der Waals surface area contributed by atoms with E-state index in [0.29, 0.717) is 0 Å². The number of rotatable bonds is 4. The second-order valence-corrected chi connectivity index (χ2v) is 3.25. The summed E-state index contributed by atoms with van der Waals surface area (Å²) < 4.78 is 0. The molecule has 1 rings (SSSR count). The minimum atomic E-state index is -1.44. The Hall–Kier alpha value is -2.19. The van der Waals surface area contributed by atoms with Crippen molar-refractivity contribution in [1.29, 1.82) is 0 Å². The van der Waals surface area contributed by atoms with E-state index in [1.54, 1.807) is 0 Å². The van der Waals surface area contributed by atoms with Gasteiger partial charge in [0.2, 0.25) is 0 Å². The van der Waals surface area contributed by atoms with E-state index in [2.05, 4.69) is 0 Å². The van der Waals surface area contributed by atoms with E-state index < -0.39 is 46.1 Å². The average Bonchev–Trinajstić information content (AvgIpc) is 2.26. The van der Waals surface area contributed by atoms with E-state index in [1.165, 1.54) is 0 Å². The Labute approximate surface area is 95.1 Å². The van der Waals surface area contributed by atoms with Gasteiger partial charge in [0.1, 0.15) is 11.3 Å². The fourth-order valence-corrected chi connectivity index (χ4v) is 1.39. The molecular weight excluding hydrogens is 232 g/mol. The number of aliphatic hydroxyl groups excluding tert-OH is 1. The summed E-state index contributed by atoms with van der Waals surface area (Å²) in [6.45, 7) is -0.655. The van der Waals surface area contributed by atoms with Crippen LogP contribution in [0.5, 0.6) is 5.75 Å². The van der Waals surface area contributed by atoms with Crippen molar-refractivity contribution in [2.45, 2.75) is 6.04 Å². The molecule has 0 aliphatic rings. The number of aromatic carboxylic acids is 1. The number of nitro groups is 1. The third-order valence-electron chi connectivity index (χ3n) is 2.19. The molecule has 1 aromatic rings. The summed E-state index contributed by atoms with van der Waals surface area (Å²) in [5.41, 5.74) is 3.97. The lowest BCUT2D eigenvalue weighted by Gasteiger charge is -2.12. The fourth-order valence-electron chi connectivity index (χ4n) is 1.39. The zero-order valence-electron chi connectivity index (χ0n) is 8.53. The molecule has 0 bridgehead atoms. The van der Waals surface area contributed by atoms with Crippen molar-refractivity contribution in [2.24, 2.45) is 5.73 Å². The van der Waals surface area contributed by atoms with Crippen LogP contribution in [0.3, 0.4) is 0 Å². The van der Waals surface area contributed by atoms with Gasteiger partial charge in [0.25, 0.3) is 5.69 Å². The Morgan fingerprint density at radius 3 is 2.53 bits per heavy atom. The van der Waals surface area contributed by atoms with Crippen molar-refractivity contribution in [3.8, 4) is 5.75 Å². The Bertz CT molecular complexity index is 473. The van der Waals surface area contributed by atoms with Crippen LogP contribution in [0, 0.1) is 10.1 Å². The highest BCUT2D eigenvalue weighted by Crippen LogP contribution is 2.34. The van der Waals surface area contributed by atoms with Crippen molar-refractivity contribution >= 4 is 11.7 Å². The first-order valence-electron chi connectivity index (χ1n) is 4.50. The highest BCUT2D eigenvalue weighted by Gasteiger charge is 2.27. The summed E-state index contributed by atoms with van der Waals surface area (Å²) in [7, 11) is 0. The number of hydrogen-bond acceptors (Lipinski definition) is 6. The zero-order chi connectivity index (χ0) is 13.2. The molecule has 1 atom stereocenters. The number of aliphatic hydroxyl groups is 1. The molecule has 5 N–H and O–H groups in total. The summed E-state index contributed by atoms with van der Waals surface area (Å²) in [5, 5.41) is 37.9. The van der Waals surface area contributed by atoms with Gasteiger partial charge in [0, 0.05) is 6.07 Å². The third kappa shape index (κ3) is 2.32. The van der Waals surface area contributed by atoms with E-state index in [-0.39, 0.29) is 0 Å². The van der Waals surface area contributed by atoms with E-state index in [0.717, 1.165) is 12.1 Å². The number of nitrogens with two attached hydrogens (primary N) is 1. The van der Waals surface area contributed by atoms with Gasteiger partial charge in [-0.2, -0.15) is 0 Å². The molecule has 8 heteroatoms. The Morgan fingerprint density at radius 2 is 2.12 bits per heavy atom. The van der Waals surface area contributed by atoms with E-state index in [4.69, 9.17) is 15.9 Å². The third-order valence-corrected chi connectivity index (χ3v) is 2.19. The van der Waals surface area contributed by atoms with Gasteiger partial charge in [-0.05, 0) is 6.07 Å². The van der Waals surface area contributed by atoms with E-state index in [1.807, 2.05) is 0 Å². The maximum atomic E-state index is 10.7. The Kier molecular flexibility index (Phi) is 3.61. The van der Waals surface area contributed by atoms with Gasteiger partial charge in [0.05, 0.1) is 23.1 Å². The lowest BCUT2D eigenvalue weighted by Crippen LogP contribution is -2.17. The van der Waals surface area contributed by atoms with Gasteiger partial charge in [-0.1, -0.05) is 0 Å². The van der Waals surface area contributed by atoms with Crippen LogP contribution in [0.2, 0.25) is 0 Å². The molecule has 92 valence electrons. The molecule has 0 saturated heterocycles. The van der Waals surface area contributed by atoms with Gasteiger partial charge in [0.15, 0.2) is 0 Å². The molecule has 0 radical (unpaired) electrons. The first kappa shape index (κ1) is 12.9. The van der Waals surface area contributed by atoms with Crippen molar-refractivity contribution in [3.05, 3.63) is 33.4 Å². The van der Waals surface area contributed by atoms with Crippen molar-refractivity contribution < 1.29 is 25.0 Å². The maximum Gasteiger partial charge on any atom is 0.339 e. The van der Waals surface area contributed by atoms with Crippen LogP contribution in [-0.4, -0.2) is 32.8 Å². The second kappa shape index (κ2) is 4.76. The maximum absolute atomic E-state index is 10.7. The van der Waals surface area contributed by atoms with Crippen molar-refractivity contribution in [1.82, 2.24) is 0 Å². The Morgan fingerprint density at radius 1 is 1.53 bits per heavy atom. The molecule has 0 spiro atoms. The standard InChI is InChI=1S/C9H10N2O6/c10-5(3-12)7-6(11(16)17)2-1-4(8(7)13)9(14)15/h1-2,5,12-13H,3,10H2,(H,14,15)/t5-/m0/s1. The molecule has 0 amide bonds. The van der Waals surface area contributed by atoms with Gasteiger partial charge < -0.3 is 21.1 Å². The van der Waals surface area contributed by atoms with Crippen LogP contribution in [0.4, 0.5) is 5.69 Å². The SMILES string of the molecule is N[C@@H](CO)c1c([N+](=O)[O-])ccc(C(=O)O)c1O. The second-order valence-electron chi connectivity index (χ2n) is 3.25. The van der Waals surface area contributed by atoms with Crippen LogP contribution < -0.4 is 5.73 Å². The number of carboxylic acid groups (broad SMARTS) is 1. The lowest BCUT2D eigenvalue weighted by atomic mass is 10.0. The van der Waals surface area contributed by atoms with Crippen molar-refractivity contribution in [2.75, 3.05) is 6.61 Å². The van der Waals surface area contributed by atoms with Gasteiger partial charge in [-0.3, -0.25) is 10.1 Å². The number of phenols is 1. The molecule has 0 saturated carbocycles. The highest BCUT2D eigenvalue weighted by atomic mass is 16.6. The van der Waals surface area contributed by atoms with Gasteiger partial charge in [-0.25, -0.2) is 4.79 Å². The van der Waals surface area contributed by atoms with Gasteiger partial charge >= 0.3 is 5.97 Å². The highest BCUT2D eigenvalue weighted by molar-refractivity contribution is 5.92. The summed E-state index contributed by atoms with van der Waals surface area (Å²) >= 11 is 0. The van der Waals surface area contributed by atoms with Crippen LogP contribution in [0.15, 0.2) is 12.1 Å². The summed E-state index contributed by atoms with van der Waals surface area (Å²) in [5.74, 6) is -2.24. The largest absolute Gasteiger partial charge is 0.506 e. The number of carboxylic acids is 1. The predicted molar refractivity (Wildman–Crippen MR) is 55.7 cm³/mol. The average molecular weight is 242 g/mol. The number of nitrogens with zero attached hydrogens (tertiary/aromatic N) is 1. The monoisotopic (exact) mass is 242 g/mol. The van der Waals surface area contributed by atoms with Crippen LogP contribution in [0.25, 0.3) is 0 Å². The molecule has 0 aliphatic heterocycles. The molecule has 0 heterocycles. The Balaban J connectivity index is 3.52. The topological polar surface area (TPSA) is 147 Å². The number of carbonyl (C=O) groups is 1. The molecule has 0 aromatic heterocycles. The molecule has 8 nitrogen and oxygen atoms in total. The summed E-state index contributed by atoms with van der Waals surface area (Å²) in [4.78, 5) is 20.6. The number of hydrogen-bond donors (Lipinski definition) is 4. The van der Waals surface area contributed by atoms with E-state index in [9.17, 15) is 20.0 Å². The van der Waals surface area contributed by atoms with E-state index >= 15 is 0 Å². The fraction of sp³-hybridized carbons (Fsp3) is 0.222. The minimum absolute atomic E-state index is 0.391. The molecule has 0 unspecified atom stereocenters. The molecule has 17 heavy (non-hydrogen) atoms. The van der Waals surface area contributed by atoms with Crippen molar-refractivity contribution in [3.63, 3.8) is 0 Å².